The van der Waals surface area contributed by atoms with Crippen LogP contribution in [0.4, 0.5) is 5.82 Å². The minimum Gasteiger partial charge on any atom is -0.373 e. The summed E-state index contributed by atoms with van der Waals surface area (Å²) in [7, 11) is 0. The maximum absolute atomic E-state index is 6.07. The molecule has 0 N–H and O–H groups in total. The van der Waals surface area contributed by atoms with Crippen molar-refractivity contribution in [3.05, 3.63) is 63.4 Å². The van der Waals surface area contributed by atoms with Crippen LogP contribution >= 0.6 is 23.2 Å². The van der Waals surface area contributed by atoms with Crippen molar-refractivity contribution in [1.29, 1.82) is 0 Å². The highest BCUT2D eigenvalue weighted by Gasteiger charge is 2.21. The minimum absolute atomic E-state index is 0.225. The number of nitrogens with zero attached hydrogens (tertiary/aromatic N) is 5. The largest absolute Gasteiger partial charge is 0.373 e. The Morgan fingerprint density at radius 2 is 1.69 bits per heavy atom. The molecule has 0 radical (unpaired) electrons. The van der Waals surface area contributed by atoms with Crippen LogP contribution in [0.3, 0.4) is 0 Å². The smallest absolute Gasteiger partial charge is 0.176 e. The van der Waals surface area contributed by atoms with Crippen LogP contribution in [0.5, 0.6) is 0 Å². The highest BCUT2D eigenvalue weighted by molar-refractivity contribution is 6.42. The highest BCUT2D eigenvalue weighted by Crippen LogP contribution is 2.25. The molecule has 4 rings (SSSR count). The van der Waals surface area contributed by atoms with Gasteiger partial charge in [0.15, 0.2) is 11.6 Å². The number of aryl methyl sites for hydroxylation is 2. The fourth-order valence-electron chi connectivity index (χ4n) is 3.56. The van der Waals surface area contributed by atoms with E-state index in [-0.39, 0.29) is 6.10 Å². The quantitative estimate of drug-likeness (QED) is 0.581. The van der Waals surface area contributed by atoms with Crippen LogP contribution in [0, 0.1) is 13.8 Å². The molecule has 0 bridgehead atoms. The molecule has 3 heterocycles. The second kappa shape index (κ2) is 8.69. The van der Waals surface area contributed by atoms with Crippen LogP contribution in [0.25, 0.3) is 5.82 Å². The van der Waals surface area contributed by atoms with Gasteiger partial charge in [0.2, 0.25) is 0 Å². The lowest BCUT2D eigenvalue weighted by atomic mass is 10.1. The molecule has 0 atom stereocenters. The van der Waals surface area contributed by atoms with Gasteiger partial charge in [0, 0.05) is 18.8 Å². The Labute approximate surface area is 180 Å². The number of hydrogen-bond donors (Lipinski definition) is 0. The number of benzene rings is 1. The monoisotopic (exact) mass is 431 g/mol. The lowest BCUT2D eigenvalue weighted by molar-refractivity contribution is 0.0250. The van der Waals surface area contributed by atoms with Crippen LogP contribution in [0.1, 0.15) is 29.8 Å². The van der Waals surface area contributed by atoms with Gasteiger partial charge in [0.25, 0.3) is 0 Å². The first-order valence-electron chi connectivity index (χ1n) is 9.67. The van der Waals surface area contributed by atoms with E-state index in [0.717, 1.165) is 54.5 Å². The highest BCUT2D eigenvalue weighted by atomic mass is 35.5. The van der Waals surface area contributed by atoms with Gasteiger partial charge < -0.3 is 9.64 Å². The van der Waals surface area contributed by atoms with E-state index >= 15 is 0 Å². The molecule has 1 fully saturated rings. The summed E-state index contributed by atoms with van der Waals surface area (Å²) >= 11 is 12.0. The van der Waals surface area contributed by atoms with Crippen molar-refractivity contribution >= 4 is 29.0 Å². The third kappa shape index (κ3) is 4.71. The predicted molar refractivity (Wildman–Crippen MR) is 115 cm³/mol. The van der Waals surface area contributed by atoms with Gasteiger partial charge in [-0.1, -0.05) is 29.3 Å². The molecule has 1 aliphatic rings. The number of aromatic nitrogens is 4. The fourth-order valence-corrected chi connectivity index (χ4v) is 3.88. The summed E-state index contributed by atoms with van der Waals surface area (Å²) in [6.45, 7) is 6.30. The van der Waals surface area contributed by atoms with Crippen LogP contribution in [0.2, 0.25) is 10.0 Å². The van der Waals surface area contributed by atoms with Crippen molar-refractivity contribution in [1.82, 2.24) is 20.0 Å². The van der Waals surface area contributed by atoms with E-state index in [4.69, 9.17) is 27.9 Å². The third-order valence-electron chi connectivity index (χ3n) is 5.10. The molecule has 0 saturated carbocycles. The lowest BCUT2D eigenvalue weighted by Crippen LogP contribution is -2.37. The van der Waals surface area contributed by atoms with Crippen LogP contribution in [0.15, 0.2) is 36.4 Å². The molecule has 0 spiro atoms. The second-order valence-electron chi connectivity index (χ2n) is 7.33. The van der Waals surface area contributed by atoms with Crippen molar-refractivity contribution in [2.45, 2.75) is 39.4 Å². The van der Waals surface area contributed by atoms with Crippen LogP contribution in [-0.2, 0) is 11.3 Å². The van der Waals surface area contributed by atoms with Gasteiger partial charge in [-0.2, -0.15) is 5.10 Å². The zero-order chi connectivity index (χ0) is 20.4. The van der Waals surface area contributed by atoms with E-state index in [1.165, 1.54) is 0 Å². The van der Waals surface area contributed by atoms with Gasteiger partial charge >= 0.3 is 0 Å². The van der Waals surface area contributed by atoms with Crippen molar-refractivity contribution in [3.8, 4) is 5.82 Å². The Hall–Kier alpha value is -2.15. The Balaban J connectivity index is 1.31. The van der Waals surface area contributed by atoms with Gasteiger partial charge in [-0.15, -0.1) is 10.2 Å². The molecule has 2 aromatic heterocycles. The molecule has 1 aromatic carbocycles. The standard InChI is InChI=1S/C21H23Cl2N5O/c1-14-11-15(2)28(26-14)21-6-5-20(24-25-21)27-9-7-17(8-10-27)29-13-16-3-4-18(22)19(23)12-16/h3-6,11-12,17H,7-10,13H2,1-2H3. The predicted octanol–water partition coefficient (Wildman–Crippen LogP) is 4.77. The van der Waals surface area contributed by atoms with Crippen LogP contribution in [-0.4, -0.2) is 39.2 Å². The molecule has 0 amide bonds. The van der Waals surface area contributed by atoms with Crippen LogP contribution < -0.4 is 4.90 Å². The van der Waals surface area contributed by atoms with E-state index in [1.54, 1.807) is 6.07 Å². The van der Waals surface area contributed by atoms with Gasteiger partial charge in [0.05, 0.1) is 28.5 Å². The summed E-state index contributed by atoms with van der Waals surface area (Å²) in [6, 6.07) is 11.6. The Kier molecular flexibility index (Phi) is 6.04. The number of hydrogen-bond acceptors (Lipinski definition) is 5. The van der Waals surface area contributed by atoms with E-state index < -0.39 is 0 Å². The molecule has 3 aromatic rings. The molecule has 0 aliphatic carbocycles. The molecule has 6 nitrogen and oxygen atoms in total. The number of anilines is 1. The minimum atomic E-state index is 0.225. The number of piperidine rings is 1. The Bertz CT molecular complexity index is 981. The molecule has 152 valence electrons. The Morgan fingerprint density at radius 3 is 2.31 bits per heavy atom. The fraction of sp³-hybridized carbons (Fsp3) is 0.381. The number of halogens is 2. The first-order chi connectivity index (χ1) is 14.0. The van der Waals surface area contributed by atoms with Gasteiger partial charge in [-0.05, 0) is 62.6 Å². The van der Waals surface area contributed by atoms with Gasteiger partial charge in [0.1, 0.15) is 0 Å². The topological polar surface area (TPSA) is 56.1 Å². The van der Waals surface area contributed by atoms with E-state index in [9.17, 15) is 0 Å². The van der Waals surface area contributed by atoms with Crippen molar-refractivity contribution < 1.29 is 4.74 Å². The normalized spacial score (nSPS) is 15.1. The Morgan fingerprint density at radius 1 is 0.966 bits per heavy atom. The van der Waals surface area contributed by atoms with E-state index in [0.29, 0.717) is 16.7 Å². The molecule has 1 saturated heterocycles. The van der Waals surface area contributed by atoms with Crippen molar-refractivity contribution in [2.75, 3.05) is 18.0 Å². The summed E-state index contributed by atoms with van der Waals surface area (Å²) in [5.41, 5.74) is 3.05. The van der Waals surface area contributed by atoms with Crippen molar-refractivity contribution in [2.24, 2.45) is 0 Å². The molecule has 1 aliphatic heterocycles. The van der Waals surface area contributed by atoms with Gasteiger partial charge in [-0.25, -0.2) is 4.68 Å². The third-order valence-corrected chi connectivity index (χ3v) is 5.84. The maximum Gasteiger partial charge on any atom is 0.176 e. The first-order valence-corrected chi connectivity index (χ1v) is 10.4. The first kappa shape index (κ1) is 20.1. The SMILES string of the molecule is Cc1cc(C)n(-c2ccc(N3CCC(OCc4ccc(Cl)c(Cl)c4)CC3)nn2)n1. The molecule has 29 heavy (non-hydrogen) atoms. The summed E-state index contributed by atoms with van der Waals surface area (Å²) in [5.74, 6) is 1.62. The zero-order valence-corrected chi connectivity index (χ0v) is 18.0. The number of ether oxygens (including phenoxy) is 1. The summed E-state index contributed by atoms with van der Waals surface area (Å²) in [4.78, 5) is 2.25. The summed E-state index contributed by atoms with van der Waals surface area (Å²) < 4.78 is 7.88. The second-order valence-corrected chi connectivity index (χ2v) is 8.15. The van der Waals surface area contributed by atoms with E-state index in [2.05, 4.69) is 20.2 Å². The molecular weight excluding hydrogens is 409 g/mol. The maximum atomic E-state index is 6.07. The molecular formula is C21H23Cl2N5O. The van der Waals surface area contributed by atoms with Gasteiger partial charge in [-0.3, -0.25) is 0 Å². The number of rotatable bonds is 5. The lowest BCUT2D eigenvalue weighted by Gasteiger charge is -2.32. The molecule has 8 heteroatoms. The zero-order valence-electron chi connectivity index (χ0n) is 16.5. The molecule has 0 unspecified atom stereocenters. The van der Waals surface area contributed by atoms with Crippen molar-refractivity contribution in [3.63, 3.8) is 0 Å². The van der Waals surface area contributed by atoms with E-state index in [1.807, 2.05) is 48.9 Å². The summed E-state index contributed by atoms with van der Waals surface area (Å²) in [5, 5.41) is 14.4. The average Bonchev–Trinajstić information content (AvgIpc) is 3.07. The summed E-state index contributed by atoms with van der Waals surface area (Å²) in [6.07, 6.45) is 2.12. The average molecular weight is 432 g/mol.